The van der Waals surface area contributed by atoms with E-state index in [1.165, 1.54) is 6.07 Å². The van der Waals surface area contributed by atoms with E-state index in [4.69, 9.17) is 14.2 Å². The summed E-state index contributed by atoms with van der Waals surface area (Å²) in [5.74, 6) is -1.49. The standard InChI is InChI=1S/C14H16FIO3/c1-2-5-13-7-17-14(18-8-13,19-9-13)10-3-4-12(16)11(15)6-10/h3-4,6H,2,5,7-9H2,1H3. The van der Waals surface area contributed by atoms with Crippen LogP contribution >= 0.6 is 22.6 Å². The minimum Gasteiger partial charge on any atom is -0.323 e. The molecule has 0 radical (unpaired) electrons. The highest BCUT2D eigenvalue weighted by atomic mass is 127. The second-order valence-corrected chi connectivity index (χ2v) is 6.46. The second-order valence-electron chi connectivity index (χ2n) is 5.30. The van der Waals surface area contributed by atoms with Crippen LogP contribution in [0.1, 0.15) is 25.3 Å². The molecule has 1 aromatic rings. The smallest absolute Gasteiger partial charge is 0.312 e. The van der Waals surface area contributed by atoms with E-state index in [-0.39, 0.29) is 11.2 Å². The van der Waals surface area contributed by atoms with Gasteiger partial charge in [0, 0.05) is 14.5 Å². The van der Waals surface area contributed by atoms with Crippen LogP contribution in [0.15, 0.2) is 18.2 Å². The van der Waals surface area contributed by atoms with E-state index in [9.17, 15) is 4.39 Å². The number of hydrogen-bond donors (Lipinski definition) is 0. The first kappa shape index (κ1) is 13.7. The van der Waals surface area contributed by atoms with Gasteiger partial charge < -0.3 is 14.2 Å². The molecule has 2 bridgehead atoms. The molecular formula is C14H16FIO3. The van der Waals surface area contributed by atoms with Crippen molar-refractivity contribution >= 4 is 22.6 Å². The molecule has 0 spiro atoms. The van der Waals surface area contributed by atoms with Crippen molar-refractivity contribution in [1.29, 1.82) is 0 Å². The van der Waals surface area contributed by atoms with Gasteiger partial charge in [-0.1, -0.05) is 13.3 Å². The van der Waals surface area contributed by atoms with E-state index in [1.807, 2.05) is 22.6 Å². The maximum Gasteiger partial charge on any atom is 0.312 e. The lowest BCUT2D eigenvalue weighted by Gasteiger charge is -2.51. The molecule has 3 nitrogen and oxygen atoms in total. The highest BCUT2D eigenvalue weighted by molar-refractivity contribution is 14.1. The summed E-state index contributed by atoms with van der Waals surface area (Å²) in [6, 6.07) is 4.93. The van der Waals surface area contributed by atoms with Crippen LogP contribution in [0.5, 0.6) is 0 Å². The highest BCUT2D eigenvalue weighted by Gasteiger charge is 2.53. The first-order valence-electron chi connectivity index (χ1n) is 6.47. The van der Waals surface area contributed by atoms with E-state index in [1.54, 1.807) is 12.1 Å². The Morgan fingerprint density at radius 3 is 2.37 bits per heavy atom. The van der Waals surface area contributed by atoms with Crippen molar-refractivity contribution in [3.05, 3.63) is 33.1 Å². The first-order chi connectivity index (χ1) is 9.09. The second kappa shape index (κ2) is 4.95. The molecule has 0 saturated carbocycles. The summed E-state index contributed by atoms with van der Waals surface area (Å²) in [5, 5.41) is 0. The number of ether oxygens (including phenoxy) is 3. The molecular weight excluding hydrogens is 362 g/mol. The Balaban J connectivity index is 1.85. The SMILES string of the molecule is CCCC12COC(c3ccc(I)c(F)c3)(OC1)OC2. The van der Waals surface area contributed by atoms with Gasteiger partial charge in [-0.05, 0) is 47.2 Å². The fraction of sp³-hybridized carbons (Fsp3) is 0.571. The van der Waals surface area contributed by atoms with E-state index < -0.39 is 5.97 Å². The monoisotopic (exact) mass is 378 g/mol. The minimum absolute atomic E-state index is 0.0295. The van der Waals surface area contributed by atoms with Crippen LogP contribution in [-0.4, -0.2) is 19.8 Å². The zero-order valence-electron chi connectivity index (χ0n) is 10.7. The topological polar surface area (TPSA) is 27.7 Å². The third-order valence-corrected chi connectivity index (χ3v) is 4.63. The molecule has 0 N–H and O–H groups in total. The molecule has 1 aromatic carbocycles. The summed E-state index contributed by atoms with van der Waals surface area (Å²) >= 11 is 1.95. The molecule has 3 heterocycles. The Hall–Kier alpha value is -0.240. The van der Waals surface area contributed by atoms with E-state index in [2.05, 4.69) is 6.92 Å². The van der Waals surface area contributed by atoms with Gasteiger partial charge in [0.15, 0.2) is 0 Å². The van der Waals surface area contributed by atoms with Crippen molar-refractivity contribution < 1.29 is 18.6 Å². The Kier molecular flexibility index (Phi) is 3.57. The van der Waals surface area contributed by atoms with E-state index in [0.29, 0.717) is 29.0 Å². The Bertz CT molecular complexity index is 467. The van der Waals surface area contributed by atoms with Crippen LogP contribution in [0.4, 0.5) is 4.39 Å². The lowest BCUT2D eigenvalue weighted by Crippen LogP contribution is -2.58. The first-order valence-corrected chi connectivity index (χ1v) is 7.54. The number of halogens is 2. The summed E-state index contributed by atoms with van der Waals surface area (Å²) in [7, 11) is 0. The van der Waals surface area contributed by atoms with Crippen molar-refractivity contribution in [2.45, 2.75) is 25.7 Å². The normalized spacial score (nSPS) is 33.6. The third-order valence-electron chi connectivity index (χ3n) is 3.76. The summed E-state index contributed by atoms with van der Waals surface area (Å²) in [5.41, 5.74) is 0.563. The average molecular weight is 378 g/mol. The summed E-state index contributed by atoms with van der Waals surface area (Å²) < 4.78 is 31.6. The van der Waals surface area contributed by atoms with Crippen molar-refractivity contribution in [3.8, 4) is 0 Å². The van der Waals surface area contributed by atoms with Crippen LogP contribution in [-0.2, 0) is 20.2 Å². The molecule has 3 saturated heterocycles. The van der Waals surface area contributed by atoms with Crippen LogP contribution in [0.25, 0.3) is 0 Å². The van der Waals surface area contributed by atoms with Crippen molar-refractivity contribution in [2.75, 3.05) is 19.8 Å². The molecule has 0 atom stereocenters. The van der Waals surface area contributed by atoms with Gasteiger partial charge in [0.1, 0.15) is 5.82 Å². The molecule has 19 heavy (non-hydrogen) atoms. The van der Waals surface area contributed by atoms with Gasteiger partial charge in [-0.25, -0.2) is 4.39 Å². The van der Waals surface area contributed by atoms with Crippen LogP contribution in [0.2, 0.25) is 0 Å². The molecule has 0 unspecified atom stereocenters. The largest absolute Gasteiger partial charge is 0.323 e. The van der Waals surface area contributed by atoms with Crippen molar-refractivity contribution in [1.82, 2.24) is 0 Å². The zero-order valence-corrected chi connectivity index (χ0v) is 12.9. The average Bonchev–Trinajstić information content (AvgIpc) is 2.44. The number of hydrogen-bond acceptors (Lipinski definition) is 3. The van der Waals surface area contributed by atoms with Gasteiger partial charge in [-0.3, -0.25) is 0 Å². The third kappa shape index (κ3) is 2.30. The van der Waals surface area contributed by atoms with Crippen molar-refractivity contribution in [3.63, 3.8) is 0 Å². The molecule has 5 heteroatoms. The molecule has 104 valence electrons. The van der Waals surface area contributed by atoms with Crippen LogP contribution < -0.4 is 0 Å². The molecule has 0 aromatic heterocycles. The van der Waals surface area contributed by atoms with Gasteiger partial charge in [0.05, 0.1) is 19.8 Å². The van der Waals surface area contributed by atoms with Gasteiger partial charge in [-0.2, -0.15) is 0 Å². The van der Waals surface area contributed by atoms with Gasteiger partial charge in [-0.15, -0.1) is 0 Å². The Labute approximate surface area is 125 Å². The highest BCUT2D eigenvalue weighted by Crippen LogP contribution is 2.46. The molecule has 0 amide bonds. The molecule has 0 aliphatic carbocycles. The van der Waals surface area contributed by atoms with Crippen LogP contribution in [0.3, 0.4) is 0 Å². The predicted molar refractivity (Wildman–Crippen MR) is 76.0 cm³/mol. The number of benzene rings is 1. The van der Waals surface area contributed by atoms with Gasteiger partial charge >= 0.3 is 5.97 Å². The quantitative estimate of drug-likeness (QED) is 0.755. The number of fused-ring (bicyclic) bond motifs is 3. The molecule has 3 fully saturated rings. The molecule has 4 rings (SSSR count). The minimum atomic E-state index is -1.21. The van der Waals surface area contributed by atoms with E-state index >= 15 is 0 Å². The maximum atomic E-state index is 13.7. The van der Waals surface area contributed by atoms with Gasteiger partial charge in [0.2, 0.25) is 0 Å². The summed E-state index contributed by atoms with van der Waals surface area (Å²) in [6.07, 6.45) is 2.09. The van der Waals surface area contributed by atoms with Crippen LogP contribution in [0, 0.1) is 14.8 Å². The van der Waals surface area contributed by atoms with Gasteiger partial charge in [0.25, 0.3) is 0 Å². The predicted octanol–water partition coefficient (Wildman–Crippen LogP) is 3.40. The zero-order chi connectivity index (χ0) is 13.5. The van der Waals surface area contributed by atoms with E-state index in [0.717, 1.165) is 12.8 Å². The summed E-state index contributed by atoms with van der Waals surface area (Å²) in [6.45, 7) is 3.96. The lowest BCUT2D eigenvalue weighted by molar-refractivity contribution is -0.480. The molecule has 3 aliphatic rings. The summed E-state index contributed by atoms with van der Waals surface area (Å²) in [4.78, 5) is 0. The van der Waals surface area contributed by atoms with Crippen molar-refractivity contribution in [2.24, 2.45) is 5.41 Å². The molecule has 3 aliphatic heterocycles. The fourth-order valence-corrected chi connectivity index (χ4v) is 3.01. The number of rotatable bonds is 3. The maximum absolute atomic E-state index is 13.7. The lowest BCUT2D eigenvalue weighted by atomic mass is 9.84. The fourth-order valence-electron chi connectivity index (χ4n) is 2.68. The Morgan fingerprint density at radius 2 is 1.84 bits per heavy atom. The Morgan fingerprint density at radius 1 is 1.21 bits per heavy atom.